The summed E-state index contributed by atoms with van der Waals surface area (Å²) in [7, 11) is 0. The summed E-state index contributed by atoms with van der Waals surface area (Å²) in [5, 5.41) is 20.2. The number of benzene rings is 1. The number of aliphatic carboxylic acids is 1. The minimum absolute atomic E-state index is 0.135. The zero-order valence-electron chi connectivity index (χ0n) is 14.8. The predicted molar refractivity (Wildman–Crippen MR) is 94.3 cm³/mol. The van der Waals surface area contributed by atoms with Crippen molar-refractivity contribution in [1.29, 1.82) is 5.26 Å². The molecule has 0 unspecified atom stereocenters. The Bertz CT molecular complexity index is 700. The summed E-state index contributed by atoms with van der Waals surface area (Å²) in [5.41, 5.74) is 0.868. The Balaban J connectivity index is 1.82. The number of carbonyl (C=O) groups excluding carboxylic acids is 2. The second kappa shape index (κ2) is 8.99. The molecule has 1 saturated heterocycles. The molecule has 1 fully saturated rings. The number of carboxylic acid groups (broad SMARTS) is 1. The quantitative estimate of drug-likeness (QED) is 0.806. The van der Waals surface area contributed by atoms with E-state index in [1.54, 1.807) is 36.1 Å². The maximum Gasteiger partial charge on any atom is 0.303 e. The SMILES string of the molecule is C[C@H](NC(=O)c1ccc(C#N)cc1)C(=O)N1CCC(CCC(=O)O)CC1. The highest BCUT2D eigenvalue weighted by atomic mass is 16.4. The van der Waals surface area contributed by atoms with Crippen molar-refractivity contribution in [3.63, 3.8) is 0 Å². The Morgan fingerprint density at radius 1 is 1.27 bits per heavy atom. The van der Waals surface area contributed by atoms with E-state index in [0.29, 0.717) is 36.6 Å². The van der Waals surface area contributed by atoms with Crippen LogP contribution in [0.5, 0.6) is 0 Å². The Hall–Kier alpha value is -2.88. The predicted octanol–water partition coefficient (Wildman–Crippen LogP) is 1.78. The first kappa shape index (κ1) is 19.4. The van der Waals surface area contributed by atoms with E-state index >= 15 is 0 Å². The molecular formula is C19H23N3O4. The highest BCUT2D eigenvalue weighted by molar-refractivity contribution is 5.97. The fourth-order valence-corrected chi connectivity index (χ4v) is 3.08. The van der Waals surface area contributed by atoms with Gasteiger partial charge in [-0.2, -0.15) is 5.26 Å². The van der Waals surface area contributed by atoms with Crippen molar-refractivity contribution in [2.75, 3.05) is 13.1 Å². The lowest BCUT2D eigenvalue weighted by atomic mass is 9.92. The van der Waals surface area contributed by atoms with Gasteiger partial charge in [0.2, 0.25) is 5.91 Å². The van der Waals surface area contributed by atoms with Gasteiger partial charge in [-0.25, -0.2) is 0 Å². The van der Waals surface area contributed by atoms with Crippen molar-refractivity contribution in [3.05, 3.63) is 35.4 Å². The Morgan fingerprint density at radius 3 is 2.42 bits per heavy atom. The molecule has 0 saturated carbocycles. The van der Waals surface area contributed by atoms with Gasteiger partial charge in [0.05, 0.1) is 11.6 Å². The second-order valence-corrected chi connectivity index (χ2v) is 6.59. The molecular weight excluding hydrogens is 334 g/mol. The molecule has 1 heterocycles. The van der Waals surface area contributed by atoms with Gasteiger partial charge in [-0.1, -0.05) is 0 Å². The number of piperidine rings is 1. The summed E-state index contributed by atoms with van der Waals surface area (Å²) in [6, 6.07) is 7.57. The number of nitriles is 1. The number of rotatable bonds is 6. The lowest BCUT2D eigenvalue weighted by molar-refractivity contribution is -0.138. The van der Waals surface area contributed by atoms with Crippen LogP contribution in [-0.4, -0.2) is 46.9 Å². The van der Waals surface area contributed by atoms with Crippen LogP contribution in [0.25, 0.3) is 0 Å². The molecule has 7 heteroatoms. The monoisotopic (exact) mass is 357 g/mol. The fourth-order valence-electron chi connectivity index (χ4n) is 3.08. The minimum atomic E-state index is -0.789. The van der Waals surface area contributed by atoms with Gasteiger partial charge in [0.1, 0.15) is 6.04 Å². The van der Waals surface area contributed by atoms with E-state index < -0.39 is 12.0 Å². The first-order chi connectivity index (χ1) is 12.4. The zero-order chi connectivity index (χ0) is 19.1. The van der Waals surface area contributed by atoms with Gasteiger partial charge in [0.15, 0.2) is 0 Å². The number of carbonyl (C=O) groups is 3. The van der Waals surface area contributed by atoms with Crippen molar-refractivity contribution in [2.45, 2.75) is 38.6 Å². The first-order valence-electron chi connectivity index (χ1n) is 8.72. The topological polar surface area (TPSA) is 111 Å². The standard InChI is InChI=1S/C19H23N3O4/c1-13(21-18(25)16-5-2-15(12-20)3-6-16)19(26)22-10-8-14(9-11-22)4-7-17(23)24/h2-3,5-6,13-14H,4,7-11H2,1H3,(H,21,25)(H,23,24)/t13-/m0/s1. The van der Waals surface area contributed by atoms with Gasteiger partial charge in [-0.15, -0.1) is 0 Å². The van der Waals surface area contributed by atoms with E-state index in [1.165, 1.54) is 0 Å². The molecule has 1 aromatic carbocycles. The van der Waals surface area contributed by atoms with E-state index in [1.807, 2.05) is 6.07 Å². The van der Waals surface area contributed by atoms with Crippen LogP contribution in [0, 0.1) is 17.2 Å². The van der Waals surface area contributed by atoms with E-state index in [-0.39, 0.29) is 18.2 Å². The van der Waals surface area contributed by atoms with Gasteiger partial charge in [-0.3, -0.25) is 14.4 Å². The summed E-state index contributed by atoms with van der Waals surface area (Å²) < 4.78 is 0. The van der Waals surface area contributed by atoms with Crippen LogP contribution in [0.2, 0.25) is 0 Å². The lowest BCUT2D eigenvalue weighted by Gasteiger charge is -2.33. The first-order valence-corrected chi connectivity index (χ1v) is 8.72. The molecule has 2 N–H and O–H groups in total. The van der Waals surface area contributed by atoms with E-state index in [0.717, 1.165) is 12.8 Å². The normalized spacial score (nSPS) is 15.8. The summed E-state index contributed by atoms with van der Waals surface area (Å²) >= 11 is 0. The fraction of sp³-hybridized carbons (Fsp3) is 0.474. The summed E-state index contributed by atoms with van der Waals surface area (Å²) in [5.74, 6) is -0.947. The van der Waals surface area contributed by atoms with Gasteiger partial charge in [0, 0.05) is 25.1 Å². The van der Waals surface area contributed by atoms with Gasteiger partial charge in [0.25, 0.3) is 5.91 Å². The number of likely N-dealkylation sites (tertiary alicyclic amines) is 1. The van der Waals surface area contributed by atoms with Gasteiger partial charge in [-0.05, 0) is 56.4 Å². The van der Waals surface area contributed by atoms with Crippen molar-refractivity contribution >= 4 is 17.8 Å². The Kier molecular flexibility index (Phi) is 6.73. The molecule has 1 aromatic rings. The number of nitrogens with zero attached hydrogens (tertiary/aromatic N) is 2. The molecule has 1 atom stereocenters. The maximum absolute atomic E-state index is 12.5. The third kappa shape index (κ3) is 5.31. The average molecular weight is 357 g/mol. The summed E-state index contributed by atoms with van der Waals surface area (Å²) in [6.07, 6.45) is 2.38. The third-order valence-electron chi connectivity index (χ3n) is 4.69. The van der Waals surface area contributed by atoms with Crippen molar-refractivity contribution in [2.24, 2.45) is 5.92 Å². The second-order valence-electron chi connectivity index (χ2n) is 6.59. The lowest BCUT2D eigenvalue weighted by Crippen LogP contribution is -2.49. The molecule has 1 aliphatic rings. The van der Waals surface area contributed by atoms with Crippen molar-refractivity contribution in [3.8, 4) is 6.07 Å². The van der Waals surface area contributed by atoms with Crippen LogP contribution in [0.1, 0.15) is 48.5 Å². The van der Waals surface area contributed by atoms with Crippen molar-refractivity contribution in [1.82, 2.24) is 10.2 Å². The van der Waals surface area contributed by atoms with Gasteiger partial charge < -0.3 is 15.3 Å². The molecule has 0 radical (unpaired) electrons. The summed E-state index contributed by atoms with van der Waals surface area (Å²) in [6.45, 7) is 2.82. The highest BCUT2D eigenvalue weighted by Crippen LogP contribution is 2.22. The van der Waals surface area contributed by atoms with Gasteiger partial charge >= 0.3 is 5.97 Å². The number of amides is 2. The Morgan fingerprint density at radius 2 is 1.88 bits per heavy atom. The van der Waals surface area contributed by atoms with Crippen LogP contribution in [0.3, 0.4) is 0 Å². The van der Waals surface area contributed by atoms with Crippen LogP contribution < -0.4 is 5.32 Å². The molecule has 0 aromatic heterocycles. The molecule has 2 rings (SSSR count). The molecule has 1 aliphatic heterocycles. The minimum Gasteiger partial charge on any atom is -0.481 e. The van der Waals surface area contributed by atoms with Crippen molar-refractivity contribution < 1.29 is 19.5 Å². The van der Waals surface area contributed by atoms with E-state index in [9.17, 15) is 14.4 Å². The van der Waals surface area contributed by atoms with Crippen LogP contribution in [0.15, 0.2) is 24.3 Å². The number of hydrogen-bond donors (Lipinski definition) is 2. The molecule has 26 heavy (non-hydrogen) atoms. The molecule has 0 spiro atoms. The highest BCUT2D eigenvalue weighted by Gasteiger charge is 2.27. The average Bonchev–Trinajstić information content (AvgIpc) is 2.66. The van der Waals surface area contributed by atoms with Crippen LogP contribution in [-0.2, 0) is 9.59 Å². The number of carboxylic acids is 1. The number of nitrogens with one attached hydrogen (secondary N) is 1. The smallest absolute Gasteiger partial charge is 0.303 e. The number of hydrogen-bond acceptors (Lipinski definition) is 4. The molecule has 0 bridgehead atoms. The zero-order valence-corrected chi connectivity index (χ0v) is 14.8. The van der Waals surface area contributed by atoms with Crippen LogP contribution >= 0.6 is 0 Å². The van der Waals surface area contributed by atoms with Crippen LogP contribution in [0.4, 0.5) is 0 Å². The Labute approximate surface area is 152 Å². The summed E-state index contributed by atoms with van der Waals surface area (Å²) in [4.78, 5) is 37.1. The third-order valence-corrected chi connectivity index (χ3v) is 4.69. The largest absolute Gasteiger partial charge is 0.481 e. The molecule has 2 amide bonds. The van der Waals surface area contributed by atoms with E-state index in [2.05, 4.69) is 5.32 Å². The molecule has 0 aliphatic carbocycles. The molecule has 7 nitrogen and oxygen atoms in total. The maximum atomic E-state index is 12.5. The molecule has 138 valence electrons. The van der Waals surface area contributed by atoms with E-state index in [4.69, 9.17) is 10.4 Å².